The molecule has 1 aromatic rings. The van der Waals surface area contributed by atoms with E-state index in [1.807, 2.05) is 6.07 Å². The van der Waals surface area contributed by atoms with Crippen LogP contribution in [0.25, 0.3) is 0 Å². The number of aromatic nitrogens is 1. The lowest BCUT2D eigenvalue weighted by Gasteiger charge is -2.05. The number of hydrogen-bond donors (Lipinski definition) is 2. The molecule has 0 atom stereocenters. The predicted molar refractivity (Wildman–Crippen MR) is 58.3 cm³/mol. The van der Waals surface area contributed by atoms with E-state index in [4.69, 9.17) is 0 Å². The molecule has 0 spiro atoms. The molecule has 0 radical (unpaired) electrons. The third kappa shape index (κ3) is 2.70. The zero-order valence-corrected chi connectivity index (χ0v) is 8.59. The SMILES string of the molecule is CCNc1cccc(CNC2CC2)n1. The molecule has 0 unspecified atom stereocenters. The van der Waals surface area contributed by atoms with Crippen LogP contribution in [0.2, 0.25) is 0 Å². The normalized spacial score (nSPS) is 15.5. The second kappa shape index (κ2) is 4.42. The first kappa shape index (κ1) is 9.46. The smallest absolute Gasteiger partial charge is 0.126 e. The Morgan fingerprint density at radius 3 is 3.00 bits per heavy atom. The van der Waals surface area contributed by atoms with E-state index in [-0.39, 0.29) is 0 Å². The van der Waals surface area contributed by atoms with Crippen molar-refractivity contribution in [2.75, 3.05) is 11.9 Å². The quantitative estimate of drug-likeness (QED) is 0.744. The highest BCUT2D eigenvalue weighted by molar-refractivity contribution is 5.34. The van der Waals surface area contributed by atoms with E-state index < -0.39 is 0 Å². The molecule has 1 aliphatic rings. The summed E-state index contributed by atoms with van der Waals surface area (Å²) in [5, 5.41) is 6.66. The molecule has 14 heavy (non-hydrogen) atoms. The summed E-state index contributed by atoms with van der Waals surface area (Å²) in [7, 11) is 0. The van der Waals surface area contributed by atoms with Crippen molar-refractivity contribution in [3.63, 3.8) is 0 Å². The standard InChI is InChI=1S/C11H17N3/c1-2-12-11-5-3-4-10(14-11)8-13-9-6-7-9/h3-5,9,13H,2,6-8H2,1H3,(H,12,14). The fraction of sp³-hybridized carbons (Fsp3) is 0.545. The van der Waals surface area contributed by atoms with Gasteiger partial charge in [-0.15, -0.1) is 0 Å². The first-order valence-corrected chi connectivity index (χ1v) is 5.31. The van der Waals surface area contributed by atoms with Crippen LogP contribution >= 0.6 is 0 Å². The van der Waals surface area contributed by atoms with Crippen LogP contribution in [-0.4, -0.2) is 17.6 Å². The highest BCUT2D eigenvalue weighted by atomic mass is 15.0. The fourth-order valence-corrected chi connectivity index (χ4v) is 1.39. The second-order valence-electron chi connectivity index (χ2n) is 3.70. The Labute approximate surface area is 84.9 Å². The van der Waals surface area contributed by atoms with Gasteiger partial charge in [0.15, 0.2) is 0 Å². The van der Waals surface area contributed by atoms with Gasteiger partial charge in [0.2, 0.25) is 0 Å². The molecule has 76 valence electrons. The molecule has 3 nitrogen and oxygen atoms in total. The van der Waals surface area contributed by atoms with Gasteiger partial charge in [0.25, 0.3) is 0 Å². The van der Waals surface area contributed by atoms with Crippen LogP contribution in [0.5, 0.6) is 0 Å². The van der Waals surface area contributed by atoms with Gasteiger partial charge >= 0.3 is 0 Å². The monoisotopic (exact) mass is 191 g/mol. The molecule has 1 heterocycles. The van der Waals surface area contributed by atoms with E-state index in [1.165, 1.54) is 12.8 Å². The number of nitrogens with zero attached hydrogens (tertiary/aromatic N) is 1. The molecule has 1 saturated carbocycles. The van der Waals surface area contributed by atoms with Gasteiger partial charge in [-0.2, -0.15) is 0 Å². The molecule has 2 rings (SSSR count). The van der Waals surface area contributed by atoms with Crippen LogP contribution < -0.4 is 10.6 Å². The van der Waals surface area contributed by atoms with E-state index in [2.05, 4.69) is 34.7 Å². The molecule has 0 bridgehead atoms. The fourth-order valence-electron chi connectivity index (χ4n) is 1.39. The van der Waals surface area contributed by atoms with Gasteiger partial charge in [-0.3, -0.25) is 0 Å². The minimum Gasteiger partial charge on any atom is -0.370 e. The van der Waals surface area contributed by atoms with Gasteiger partial charge in [0.05, 0.1) is 5.69 Å². The maximum atomic E-state index is 4.49. The summed E-state index contributed by atoms with van der Waals surface area (Å²) in [6, 6.07) is 6.87. The number of rotatable bonds is 5. The van der Waals surface area contributed by atoms with Crippen LogP contribution in [0.15, 0.2) is 18.2 Å². The van der Waals surface area contributed by atoms with E-state index >= 15 is 0 Å². The molecule has 0 amide bonds. The average Bonchev–Trinajstić information content (AvgIpc) is 2.99. The van der Waals surface area contributed by atoms with Gasteiger partial charge in [-0.25, -0.2) is 4.98 Å². The Morgan fingerprint density at radius 1 is 1.43 bits per heavy atom. The summed E-state index contributed by atoms with van der Waals surface area (Å²) in [6.07, 6.45) is 2.65. The lowest BCUT2D eigenvalue weighted by Crippen LogP contribution is -2.16. The minimum atomic E-state index is 0.750. The molecule has 3 heteroatoms. The minimum absolute atomic E-state index is 0.750. The highest BCUT2D eigenvalue weighted by Crippen LogP contribution is 2.19. The summed E-state index contributed by atoms with van der Waals surface area (Å²) < 4.78 is 0. The number of anilines is 1. The zero-order chi connectivity index (χ0) is 9.80. The van der Waals surface area contributed by atoms with Gasteiger partial charge in [-0.1, -0.05) is 6.07 Å². The van der Waals surface area contributed by atoms with Crippen LogP contribution in [0.4, 0.5) is 5.82 Å². The summed E-state index contributed by atoms with van der Waals surface area (Å²) in [5.74, 6) is 0.975. The van der Waals surface area contributed by atoms with Gasteiger partial charge in [0.1, 0.15) is 5.82 Å². The van der Waals surface area contributed by atoms with Crippen LogP contribution in [-0.2, 0) is 6.54 Å². The van der Waals surface area contributed by atoms with Crippen molar-refractivity contribution in [1.29, 1.82) is 0 Å². The van der Waals surface area contributed by atoms with E-state index in [1.54, 1.807) is 0 Å². The summed E-state index contributed by atoms with van der Waals surface area (Å²) >= 11 is 0. The molecule has 0 aliphatic heterocycles. The predicted octanol–water partition coefficient (Wildman–Crippen LogP) is 1.77. The Kier molecular flexibility index (Phi) is 2.99. The number of hydrogen-bond acceptors (Lipinski definition) is 3. The van der Waals surface area contributed by atoms with Gasteiger partial charge in [-0.05, 0) is 31.9 Å². The van der Waals surface area contributed by atoms with Crippen molar-refractivity contribution < 1.29 is 0 Å². The Bertz CT molecular complexity index is 294. The summed E-state index contributed by atoms with van der Waals surface area (Å²) in [5.41, 5.74) is 1.12. The largest absolute Gasteiger partial charge is 0.370 e. The van der Waals surface area contributed by atoms with Crippen LogP contribution in [0, 0.1) is 0 Å². The highest BCUT2D eigenvalue weighted by Gasteiger charge is 2.19. The maximum Gasteiger partial charge on any atom is 0.126 e. The molecular weight excluding hydrogens is 174 g/mol. The molecule has 0 aromatic carbocycles. The molecule has 2 N–H and O–H groups in total. The number of nitrogens with one attached hydrogen (secondary N) is 2. The van der Waals surface area contributed by atoms with Gasteiger partial charge < -0.3 is 10.6 Å². The van der Waals surface area contributed by atoms with Gasteiger partial charge in [0, 0.05) is 19.1 Å². The third-order valence-electron chi connectivity index (χ3n) is 2.31. The van der Waals surface area contributed by atoms with Crippen LogP contribution in [0.3, 0.4) is 0 Å². The first-order valence-electron chi connectivity index (χ1n) is 5.31. The van der Waals surface area contributed by atoms with E-state index in [0.29, 0.717) is 0 Å². The van der Waals surface area contributed by atoms with Crippen molar-refractivity contribution in [3.8, 4) is 0 Å². The molecular formula is C11H17N3. The molecule has 1 aromatic heterocycles. The summed E-state index contributed by atoms with van der Waals surface area (Å²) in [6.45, 7) is 3.90. The Hall–Kier alpha value is -1.09. The van der Waals surface area contributed by atoms with Crippen molar-refractivity contribution in [1.82, 2.24) is 10.3 Å². The first-order chi connectivity index (χ1) is 6.88. The second-order valence-corrected chi connectivity index (χ2v) is 3.70. The van der Waals surface area contributed by atoms with Crippen molar-refractivity contribution >= 4 is 5.82 Å². The van der Waals surface area contributed by atoms with Crippen molar-refractivity contribution in [2.24, 2.45) is 0 Å². The Morgan fingerprint density at radius 2 is 2.29 bits per heavy atom. The molecule has 0 saturated heterocycles. The topological polar surface area (TPSA) is 37.0 Å². The molecule has 1 aliphatic carbocycles. The molecule has 1 fully saturated rings. The average molecular weight is 191 g/mol. The van der Waals surface area contributed by atoms with Crippen molar-refractivity contribution in [2.45, 2.75) is 32.4 Å². The third-order valence-corrected chi connectivity index (χ3v) is 2.31. The zero-order valence-electron chi connectivity index (χ0n) is 8.59. The van der Waals surface area contributed by atoms with E-state index in [9.17, 15) is 0 Å². The van der Waals surface area contributed by atoms with Crippen molar-refractivity contribution in [3.05, 3.63) is 23.9 Å². The summed E-state index contributed by atoms with van der Waals surface area (Å²) in [4.78, 5) is 4.49. The van der Waals surface area contributed by atoms with E-state index in [0.717, 1.165) is 30.6 Å². The maximum absolute atomic E-state index is 4.49. The lowest BCUT2D eigenvalue weighted by atomic mass is 10.3. The lowest BCUT2D eigenvalue weighted by molar-refractivity contribution is 0.675. The number of pyridine rings is 1. The Balaban J connectivity index is 1.90. The van der Waals surface area contributed by atoms with Crippen LogP contribution in [0.1, 0.15) is 25.5 Å².